The fourth-order valence-electron chi connectivity index (χ4n) is 3.01. The highest BCUT2D eigenvalue weighted by molar-refractivity contribution is 5.98. The number of para-hydroxylation sites is 2. The summed E-state index contributed by atoms with van der Waals surface area (Å²) in [4.78, 5) is 26.4. The summed E-state index contributed by atoms with van der Waals surface area (Å²) in [6.07, 6.45) is -0.626. The minimum absolute atomic E-state index is 0.0940. The van der Waals surface area contributed by atoms with Gasteiger partial charge in [-0.2, -0.15) is 0 Å². The van der Waals surface area contributed by atoms with Gasteiger partial charge in [0.25, 0.3) is 5.91 Å². The number of anilines is 1. The molecule has 7 heteroatoms. The lowest BCUT2D eigenvalue weighted by Crippen LogP contribution is -2.43. The Morgan fingerprint density at radius 3 is 2.78 bits per heavy atom. The minimum atomic E-state index is -0.817. The van der Waals surface area contributed by atoms with Crippen LogP contribution >= 0.6 is 0 Å². The minimum Gasteiger partial charge on any atom is -0.495 e. The maximum Gasteiger partial charge on any atom is 0.261 e. The molecule has 1 heterocycles. The van der Waals surface area contributed by atoms with Crippen LogP contribution in [0.5, 0.6) is 11.5 Å². The summed E-state index contributed by atoms with van der Waals surface area (Å²) in [5.74, 6) is -0.0205. The predicted octanol–water partition coefficient (Wildman–Crippen LogP) is 2.52. The molecule has 1 fully saturated rings. The largest absolute Gasteiger partial charge is 0.495 e. The lowest BCUT2D eigenvalue weighted by Gasteiger charge is -2.20. The van der Waals surface area contributed by atoms with Gasteiger partial charge in [-0.25, -0.2) is 4.39 Å². The molecule has 2 aromatic carbocycles. The van der Waals surface area contributed by atoms with Crippen molar-refractivity contribution in [2.24, 2.45) is 0 Å². The predicted molar refractivity (Wildman–Crippen MR) is 98.4 cm³/mol. The van der Waals surface area contributed by atoms with Gasteiger partial charge < -0.3 is 19.7 Å². The topological polar surface area (TPSA) is 67.9 Å². The van der Waals surface area contributed by atoms with E-state index in [2.05, 4.69) is 5.32 Å². The molecule has 1 aliphatic rings. The van der Waals surface area contributed by atoms with Crippen LogP contribution in [0.1, 0.15) is 13.3 Å². The molecular formula is C20H21FN2O4. The van der Waals surface area contributed by atoms with Crippen LogP contribution in [0.3, 0.4) is 0 Å². The summed E-state index contributed by atoms with van der Waals surface area (Å²) in [6.45, 7) is 1.92. The lowest BCUT2D eigenvalue weighted by atomic mass is 10.2. The maximum atomic E-state index is 13.2. The first-order valence-electron chi connectivity index (χ1n) is 8.64. The highest BCUT2D eigenvalue weighted by atomic mass is 19.1. The van der Waals surface area contributed by atoms with E-state index in [1.807, 2.05) is 12.1 Å². The van der Waals surface area contributed by atoms with Crippen molar-refractivity contribution in [3.63, 3.8) is 0 Å². The van der Waals surface area contributed by atoms with E-state index in [0.717, 1.165) is 0 Å². The Bertz CT molecular complexity index is 842. The van der Waals surface area contributed by atoms with Crippen molar-refractivity contribution in [2.75, 3.05) is 18.6 Å². The monoisotopic (exact) mass is 372 g/mol. The van der Waals surface area contributed by atoms with Gasteiger partial charge in [-0.05, 0) is 31.2 Å². The second kappa shape index (κ2) is 8.07. The fourth-order valence-corrected chi connectivity index (χ4v) is 3.01. The van der Waals surface area contributed by atoms with Crippen LogP contribution in [-0.4, -0.2) is 37.6 Å². The van der Waals surface area contributed by atoms with Crippen molar-refractivity contribution in [1.82, 2.24) is 5.32 Å². The zero-order valence-corrected chi connectivity index (χ0v) is 15.1. The molecule has 27 heavy (non-hydrogen) atoms. The zero-order chi connectivity index (χ0) is 19.4. The second-order valence-electron chi connectivity index (χ2n) is 6.30. The van der Waals surface area contributed by atoms with E-state index >= 15 is 0 Å². The summed E-state index contributed by atoms with van der Waals surface area (Å²) in [7, 11) is 1.55. The molecule has 0 radical (unpaired) electrons. The van der Waals surface area contributed by atoms with Crippen molar-refractivity contribution in [3.05, 3.63) is 54.3 Å². The lowest BCUT2D eigenvalue weighted by molar-refractivity contribution is -0.127. The van der Waals surface area contributed by atoms with E-state index in [0.29, 0.717) is 18.0 Å². The highest BCUT2D eigenvalue weighted by Crippen LogP contribution is 2.31. The number of ether oxygens (including phenoxy) is 2. The molecule has 2 unspecified atom stereocenters. The van der Waals surface area contributed by atoms with Crippen LogP contribution in [0.4, 0.5) is 10.1 Å². The summed E-state index contributed by atoms with van der Waals surface area (Å²) < 4.78 is 24.0. The van der Waals surface area contributed by atoms with Crippen LogP contribution in [0.25, 0.3) is 0 Å². The molecule has 1 aliphatic heterocycles. The number of carbonyl (C=O) groups is 2. The number of hydrogen-bond donors (Lipinski definition) is 1. The molecule has 0 bridgehead atoms. The number of methoxy groups -OCH3 is 1. The van der Waals surface area contributed by atoms with Gasteiger partial charge in [0.15, 0.2) is 6.10 Å². The van der Waals surface area contributed by atoms with E-state index in [9.17, 15) is 14.0 Å². The molecule has 3 rings (SSSR count). The molecule has 2 aromatic rings. The quantitative estimate of drug-likeness (QED) is 0.846. The summed E-state index contributed by atoms with van der Waals surface area (Å²) in [5.41, 5.74) is 0.672. The van der Waals surface area contributed by atoms with Crippen LogP contribution < -0.4 is 19.7 Å². The highest BCUT2D eigenvalue weighted by Gasteiger charge is 2.33. The third kappa shape index (κ3) is 4.36. The van der Waals surface area contributed by atoms with Gasteiger partial charge in [-0.15, -0.1) is 0 Å². The number of halogens is 1. The van der Waals surface area contributed by atoms with Crippen molar-refractivity contribution >= 4 is 17.5 Å². The van der Waals surface area contributed by atoms with Gasteiger partial charge in [0.2, 0.25) is 5.91 Å². The summed E-state index contributed by atoms with van der Waals surface area (Å²) in [6, 6.07) is 12.5. The Balaban J connectivity index is 1.61. The van der Waals surface area contributed by atoms with Crippen molar-refractivity contribution in [2.45, 2.75) is 25.5 Å². The molecular weight excluding hydrogens is 351 g/mol. The van der Waals surface area contributed by atoms with Crippen LogP contribution in [0.15, 0.2) is 48.5 Å². The molecule has 0 saturated carbocycles. The summed E-state index contributed by atoms with van der Waals surface area (Å²) >= 11 is 0. The molecule has 0 aliphatic carbocycles. The van der Waals surface area contributed by atoms with Crippen molar-refractivity contribution < 1.29 is 23.5 Å². The SMILES string of the molecule is COc1ccccc1N1CC(NC(=O)C(C)Oc2cccc(F)c2)CC1=O. The number of rotatable bonds is 6. The smallest absolute Gasteiger partial charge is 0.261 e. The number of nitrogens with one attached hydrogen (secondary N) is 1. The molecule has 1 saturated heterocycles. The van der Waals surface area contributed by atoms with Crippen molar-refractivity contribution in [3.8, 4) is 11.5 Å². The molecule has 0 spiro atoms. The Kier molecular flexibility index (Phi) is 5.59. The van der Waals surface area contributed by atoms with Gasteiger partial charge >= 0.3 is 0 Å². The molecule has 6 nitrogen and oxygen atoms in total. The number of amides is 2. The second-order valence-corrected chi connectivity index (χ2v) is 6.30. The normalized spacial score (nSPS) is 17.5. The standard InChI is InChI=1S/C20H21FN2O4/c1-13(27-16-7-5-6-14(21)10-16)20(25)22-15-11-19(24)23(12-15)17-8-3-4-9-18(17)26-2/h3-10,13,15H,11-12H2,1-2H3,(H,22,25). The number of hydrogen-bond acceptors (Lipinski definition) is 4. The molecule has 142 valence electrons. The molecule has 1 N–H and O–H groups in total. The van der Waals surface area contributed by atoms with E-state index in [1.165, 1.54) is 18.2 Å². The van der Waals surface area contributed by atoms with E-state index < -0.39 is 11.9 Å². The third-order valence-corrected chi connectivity index (χ3v) is 4.33. The van der Waals surface area contributed by atoms with Gasteiger partial charge in [-0.3, -0.25) is 9.59 Å². The van der Waals surface area contributed by atoms with Crippen molar-refractivity contribution in [1.29, 1.82) is 0 Å². The van der Waals surface area contributed by atoms with Gasteiger partial charge in [0.1, 0.15) is 17.3 Å². The van der Waals surface area contributed by atoms with Crippen LogP contribution in [0, 0.1) is 5.82 Å². The Morgan fingerprint density at radius 1 is 1.26 bits per heavy atom. The number of nitrogens with zero attached hydrogens (tertiary/aromatic N) is 1. The first-order valence-corrected chi connectivity index (χ1v) is 8.64. The van der Waals surface area contributed by atoms with Crippen LogP contribution in [0.2, 0.25) is 0 Å². The number of benzene rings is 2. The summed E-state index contributed by atoms with van der Waals surface area (Å²) in [5, 5.41) is 2.82. The molecule has 2 amide bonds. The van der Waals surface area contributed by atoms with E-state index in [4.69, 9.17) is 9.47 Å². The third-order valence-electron chi connectivity index (χ3n) is 4.33. The Hall–Kier alpha value is -3.09. The average Bonchev–Trinajstić information content (AvgIpc) is 3.01. The van der Waals surface area contributed by atoms with Gasteiger partial charge in [-0.1, -0.05) is 18.2 Å². The first-order chi connectivity index (χ1) is 13.0. The van der Waals surface area contributed by atoms with Gasteiger partial charge in [0.05, 0.1) is 18.8 Å². The van der Waals surface area contributed by atoms with Gasteiger partial charge in [0, 0.05) is 19.0 Å². The average molecular weight is 372 g/mol. The Morgan fingerprint density at radius 2 is 2.04 bits per heavy atom. The van der Waals surface area contributed by atoms with E-state index in [-0.39, 0.29) is 30.0 Å². The Labute approximate surface area is 156 Å². The zero-order valence-electron chi connectivity index (χ0n) is 15.1. The first kappa shape index (κ1) is 18.7. The molecule has 2 atom stereocenters. The fraction of sp³-hybridized carbons (Fsp3) is 0.300. The van der Waals surface area contributed by atoms with Crippen LogP contribution in [-0.2, 0) is 9.59 Å². The number of carbonyl (C=O) groups excluding carboxylic acids is 2. The maximum absolute atomic E-state index is 13.2. The van der Waals surface area contributed by atoms with E-state index in [1.54, 1.807) is 37.1 Å². The molecule has 0 aromatic heterocycles.